The predicted molar refractivity (Wildman–Crippen MR) is 67.5 cm³/mol. The maximum absolute atomic E-state index is 10.1. The van der Waals surface area contributed by atoms with Crippen LogP contribution in [0.2, 0.25) is 0 Å². The number of alkyl halides is 3. The van der Waals surface area contributed by atoms with Crippen LogP contribution in [0.25, 0.3) is 0 Å². The Morgan fingerprint density at radius 1 is 1.00 bits per heavy atom. The van der Waals surface area contributed by atoms with Gasteiger partial charge in [0.1, 0.15) is 0 Å². The van der Waals surface area contributed by atoms with Gasteiger partial charge in [-0.15, -0.1) is 0 Å². The summed E-state index contributed by atoms with van der Waals surface area (Å²) in [5, 5.41) is 0. The first kappa shape index (κ1) is 27.5. The normalized spacial score (nSPS) is 15.8. The third kappa shape index (κ3) is 19.5. The molecule has 1 aliphatic carbocycles. The van der Waals surface area contributed by atoms with Crippen molar-refractivity contribution in [3.63, 3.8) is 0 Å². The molecule has 0 aromatic rings. The van der Waals surface area contributed by atoms with Crippen molar-refractivity contribution in [2.45, 2.75) is 35.2 Å². The van der Waals surface area contributed by atoms with Gasteiger partial charge in [-0.1, -0.05) is 66.9 Å². The summed E-state index contributed by atoms with van der Waals surface area (Å²) >= 11 is 18.3. The SMILES string of the molecule is C1CCCC1.O=S([O-])(=S)C(Cl)(Cl)Cl.[C-]#[O+].[C-]#[O+].[Fe+2]. The zero-order chi connectivity index (χ0) is 14.5. The second kappa shape index (κ2) is 16.3. The van der Waals surface area contributed by atoms with Crippen molar-refractivity contribution < 1.29 is 35.1 Å². The van der Waals surface area contributed by atoms with Crippen LogP contribution in [0.4, 0.5) is 0 Å². The average Bonchev–Trinajstić information content (AvgIpc) is 2.79. The number of hydrogen-bond donors (Lipinski definition) is 0. The molecular weight excluding hydrogens is 386 g/mol. The molecule has 4 nitrogen and oxygen atoms in total. The van der Waals surface area contributed by atoms with Gasteiger partial charge >= 0.3 is 39.7 Å². The number of halogens is 3. The molecule has 1 saturated carbocycles. The van der Waals surface area contributed by atoms with E-state index in [4.69, 9.17) is 44.1 Å². The van der Waals surface area contributed by atoms with E-state index in [0.717, 1.165) is 0 Å². The number of rotatable bonds is 0. The Hall–Kier alpha value is 1.20. The van der Waals surface area contributed by atoms with Crippen LogP contribution < -0.4 is 0 Å². The molecule has 0 saturated heterocycles. The third-order valence-corrected chi connectivity index (χ3v) is 5.50. The first-order chi connectivity index (χ1) is 7.75. The molecule has 10 heteroatoms. The standard InChI is InChI=1S/C5H10.CHCl3O2S2.2CO.Fe/c1-2-4-5-3-1;2-1(3,4)8(5,6)7;2*1-2;/h1-5H2;(H,5,6,7);;;/q;;;;+2/p-1. The van der Waals surface area contributed by atoms with Crippen LogP contribution in [0.3, 0.4) is 0 Å². The Balaban J connectivity index is -0.0000000847. The molecular formula is C8H10Cl3FeO4S2+. The van der Waals surface area contributed by atoms with E-state index in [0.29, 0.717) is 0 Å². The van der Waals surface area contributed by atoms with Crippen LogP contribution in [0, 0.1) is 13.3 Å². The summed E-state index contributed by atoms with van der Waals surface area (Å²) < 4.78 is 32.8. The molecule has 0 heterocycles. The second-order valence-electron chi connectivity index (χ2n) is 2.67. The Morgan fingerprint density at radius 3 is 1.17 bits per heavy atom. The summed E-state index contributed by atoms with van der Waals surface area (Å²) in [6.07, 6.45) is 7.50. The maximum atomic E-state index is 10.1. The van der Waals surface area contributed by atoms with Crippen molar-refractivity contribution in [1.29, 1.82) is 0 Å². The van der Waals surface area contributed by atoms with Gasteiger partial charge in [0, 0.05) is 8.77 Å². The average molecular weight is 397 g/mol. The van der Waals surface area contributed by atoms with E-state index in [-0.39, 0.29) is 17.1 Å². The Bertz CT molecular complexity index is 294. The predicted octanol–water partition coefficient (Wildman–Crippen LogP) is 3.06. The molecule has 0 aliphatic heterocycles. The quantitative estimate of drug-likeness (QED) is 0.273. The van der Waals surface area contributed by atoms with Crippen LogP contribution in [0.15, 0.2) is 0 Å². The van der Waals surface area contributed by atoms with Gasteiger partial charge in [-0.05, 0) is 11.2 Å². The molecule has 0 N–H and O–H groups in total. The van der Waals surface area contributed by atoms with Crippen molar-refractivity contribution in [2.75, 3.05) is 0 Å². The first-order valence-corrected chi connectivity index (χ1v) is 7.72. The van der Waals surface area contributed by atoms with Crippen LogP contribution in [-0.4, -0.2) is 11.9 Å². The fourth-order valence-corrected chi connectivity index (χ4v) is 0.884. The van der Waals surface area contributed by atoms with E-state index < -0.39 is 11.9 Å². The molecule has 1 fully saturated rings. The van der Waals surface area contributed by atoms with E-state index >= 15 is 0 Å². The molecule has 0 amide bonds. The summed E-state index contributed by atoms with van der Waals surface area (Å²) in [6.45, 7) is 9.00. The van der Waals surface area contributed by atoms with Crippen molar-refractivity contribution in [3.05, 3.63) is 13.3 Å². The van der Waals surface area contributed by atoms with Crippen LogP contribution in [0.5, 0.6) is 0 Å². The fraction of sp³-hybridized carbons (Fsp3) is 0.750. The van der Waals surface area contributed by atoms with E-state index in [9.17, 15) is 8.76 Å². The molecule has 1 atom stereocenters. The Labute approximate surface area is 138 Å². The minimum absolute atomic E-state index is 0. The van der Waals surface area contributed by atoms with Crippen LogP contribution in [0.1, 0.15) is 32.1 Å². The largest absolute Gasteiger partial charge is 2.00 e. The topological polar surface area (TPSA) is 79.9 Å². The maximum Gasteiger partial charge on any atom is 2.00 e. The first-order valence-electron chi connectivity index (χ1n) is 4.18. The molecule has 0 aromatic heterocycles. The molecule has 18 heavy (non-hydrogen) atoms. The van der Waals surface area contributed by atoms with Crippen molar-refractivity contribution in [1.82, 2.24) is 0 Å². The van der Waals surface area contributed by atoms with Gasteiger partial charge in [0.05, 0.1) is 0 Å². The van der Waals surface area contributed by atoms with Crippen molar-refractivity contribution in [2.24, 2.45) is 0 Å². The molecule has 106 valence electrons. The second-order valence-corrected chi connectivity index (χ2v) is 8.46. The number of hydrogen-bond acceptors (Lipinski definition) is 3. The van der Waals surface area contributed by atoms with Crippen molar-refractivity contribution in [3.8, 4) is 0 Å². The smallest absolute Gasteiger partial charge is 2.00 e. The molecule has 0 radical (unpaired) electrons. The Kier molecular flexibility index (Phi) is 24.9. The van der Waals surface area contributed by atoms with Gasteiger partial charge in [0.2, 0.25) is 0 Å². The molecule has 1 unspecified atom stereocenters. The summed E-state index contributed by atoms with van der Waals surface area (Å²) in [5.74, 6) is 0. The van der Waals surface area contributed by atoms with E-state index in [1.807, 2.05) is 0 Å². The minimum atomic E-state index is -3.96. The molecule has 0 bridgehead atoms. The fourth-order valence-electron chi connectivity index (χ4n) is 0.884. The van der Waals surface area contributed by atoms with Gasteiger partial charge in [0.15, 0.2) is 0 Å². The van der Waals surface area contributed by atoms with Gasteiger partial charge in [0.25, 0.3) is 3.12 Å². The zero-order valence-electron chi connectivity index (χ0n) is 8.97. The van der Waals surface area contributed by atoms with E-state index in [1.165, 1.54) is 32.1 Å². The summed E-state index contributed by atoms with van der Waals surface area (Å²) in [5.41, 5.74) is 0. The summed E-state index contributed by atoms with van der Waals surface area (Å²) in [7, 11) is -3.96. The summed E-state index contributed by atoms with van der Waals surface area (Å²) in [6, 6.07) is 0. The van der Waals surface area contributed by atoms with Gasteiger partial charge < -0.3 is 4.55 Å². The van der Waals surface area contributed by atoms with Gasteiger partial charge in [-0.2, -0.15) is 0 Å². The van der Waals surface area contributed by atoms with E-state index in [1.54, 1.807) is 0 Å². The molecule has 0 spiro atoms. The zero-order valence-corrected chi connectivity index (χ0v) is 14.0. The van der Waals surface area contributed by atoms with Crippen LogP contribution in [-0.2, 0) is 46.3 Å². The monoisotopic (exact) mass is 395 g/mol. The summed E-state index contributed by atoms with van der Waals surface area (Å²) in [4.78, 5) is 0. The van der Waals surface area contributed by atoms with Crippen LogP contribution >= 0.6 is 34.8 Å². The van der Waals surface area contributed by atoms with Crippen molar-refractivity contribution >= 4 is 54.8 Å². The molecule has 0 aromatic carbocycles. The molecule has 1 rings (SSSR count). The van der Waals surface area contributed by atoms with Gasteiger partial charge in [-0.3, -0.25) is 4.21 Å². The minimum Gasteiger partial charge on any atom is 2.00 e. The van der Waals surface area contributed by atoms with E-state index in [2.05, 4.69) is 24.5 Å². The molecule has 1 aliphatic rings. The van der Waals surface area contributed by atoms with Gasteiger partial charge in [-0.25, -0.2) is 0 Å². The Morgan fingerprint density at radius 2 is 1.11 bits per heavy atom. The third-order valence-electron chi connectivity index (χ3n) is 1.53.